The van der Waals surface area contributed by atoms with Gasteiger partial charge in [0.25, 0.3) is 5.91 Å². The Morgan fingerprint density at radius 2 is 1.75 bits per heavy atom. The van der Waals surface area contributed by atoms with Crippen LogP contribution < -0.4 is 4.74 Å². The summed E-state index contributed by atoms with van der Waals surface area (Å²) < 4.78 is 24.6. The molecule has 1 saturated heterocycles. The van der Waals surface area contributed by atoms with Gasteiger partial charge in [0, 0.05) is 12.0 Å². The highest BCUT2D eigenvalue weighted by molar-refractivity contribution is 5.99. The molecule has 0 aliphatic carbocycles. The molecule has 0 saturated carbocycles. The monoisotopic (exact) mass is 385 g/mol. The van der Waals surface area contributed by atoms with Gasteiger partial charge < -0.3 is 14.4 Å². The first-order valence-electron chi connectivity index (χ1n) is 9.19. The van der Waals surface area contributed by atoms with Gasteiger partial charge in [0.1, 0.15) is 12.1 Å². The Bertz CT molecular complexity index is 888. The Labute approximate surface area is 164 Å². The lowest BCUT2D eigenvalue weighted by Crippen LogP contribution is -2.41. The fraction of sp³-hybridized carbons (Fsp3) is 0.364. The zero-order valence-electron chi connectivity index (χ0n) is 16.5. The molecule has 5 nitrogen and oxygen atoms in total. The third kappa shape index (κ3) is 3.86. The maximum absolute atomic E-state index is 13.9. The number of amides is 1. The summed E-state index contributed by atoms with van der Waals surface area (Å²) in [7, 11) is 1.29. The van der Waals surface area contributed by atoms with Crippen molar-refractivity contribution in [3.05, 3.63) is 64.5 Å². The van der Waals surface area contributed by atoms with Crippen LogP contribution in [0.3, 0.4) is 0 Å². The van der Waals surface area contributed by atoms with E-state index in [1.165, 1.54) is 24.1 Å². The Morgan fingerprint density at radius 3 is 2.36 bits per heavy atom. The smallest absolute Gasteiger partial charge is 0.328 e. The van der Waals surface area contributed by atoms with E-state index in [1.54, 1.807) is 12.1 Å². The number of ether oxygens (including phenoxy) is 2. The molecular formula is C22H24FNO4. The molecule has 28 heavy (non-hydrogen) atoms. The number of hydrogen-bond acceptors (Lipinski definition) is 4. The molecule has 6 heteroatoms. The van der Waals surface area contributed by atoms with Crippen molar-refractivity contribution >= 4 is 11.9 Å². The van der Waals surface area contributed by atoms with E-state index in [9.17, 15) is 14.0 Å². The van der Waals surface area contributed by atoms with Crippen molar-refractivity contribution in [1.82, 2.24) is 4.90 Å². The lowest BCUT2D eigenvalue weighted by atomic mass is 9.98. The number of aryl methyl sites for hydroxylation is 3. The second-order valence-electron chi connectivity index (χ2n) is 7.18. The summed E-state index contributed by atoms with van der Waals surface area (Å²) in [6.07, 6.45) is -0.257. The summed E-state index contributed by atoms with van der Waals surface area (Å²) in [5.74, 6) is -1.12. The number of rotatable bonds is 4. The molecule has 3 rings (SSSR count). The predicted molar refractivity (Wildman–Crippen MR) is 103 cm³/mol. The largest absolute Gasteiger partial charge is 0.485 e. The highest BCUT2D eigenvalue weighted by Crippen LogP contribution is 2.28. The molecule has 0 aromatic heterocycles. The number of nitrogens with zero attached hydrogens (tertiary/aromatic N) is 1. The van der Waals surface area contributed by atoms with Crippen molar-refractivity contribution in [1.29, 1.82) is 0 Å². The van der Waals surface area contributed by atoms with E-state index in [0.29, 0.717) is 5.56 Å². The van der Waals surface area contributed by atoms with Crippen LogP contribution in [0.25, 0.3) is 0 Å². The number of benzene rings is 2. The van der Waals surface area contributed by atoms with Crippen LogP contribution in [0.15, 0.2) is 36.4 Å². The van der Waals surface area contributed by atoms with E-state index < -0.39 is 23.9 Å². The van der Waals surface area contributed by atoms with Crippen LogP contribution in [0.4, 0.5) is 4.39 Å². The van der Waals surface area contributed by atoms with Gasteiger partial charge in [-0.3, -0.25) is 4.79 Å². The quantitative estimate of drug-likeness (QED) is 0.755. The lowest BCUT2D eigenvalue weighted by molar-refractivity contribution is -0.145. The van der Waals surface area contributed by atoms with Crippen LogP contribution in [0, 0.1) is 26.6 Å². The van der Waals surface area contributed by atoms with E-state index in [1.807, 2.05) is 32.9 Å². The van der Waals surface area contributed by atoms with Crippen LogP contribution in [-0.2, 0) is 9.53 Å². The van der Waals surface area contributed by atoms with Crippen molar-refractivity contribution in [2.24, 2.45) is 0 Å². The average molecular weight is 385 g/mol. The SMILES string of the molecule is COC(=O)C1CC(Oc2ccccc2F)CN1C(=O)c1c(C)cc(C)cc1C. The number of hydrogen-bond donors (Lipinski definition) is 0. The van der Waals surface area contributed by atoms with Gasteiger partial charge in [0.2, 0.25) is 0 Å². The van der Waals surface area contributed by atoms with Gasteiger partial charge in [-0.1, -0.05) is 29.8 Å². The van der Waals surface area contributed by atoms with Crippen LogP contribution in [0.5, 0.6) is 5.75 Å². The highest BCUT2D eigenvalue weighted by Gasteiger charge is 2.42. The van der Waals surface area contributed by atoms with Crippen molar-refractivity contribution in [2.75, 3.05) is 13.7 Å². The molecule has 148 valence electrons. The number of esters is 1. The third-order valence-corrected chi connectivity index (χ3v) is 5.02. The summed E-state index contributed by atoms with van der Waals surface area (Å²) in [6, 6.07) is 9.20. The fourth-order valence-corrected chi connectivity index (χ4v) is 3.85. The van der Waals surface area contributed by atoms with Crippen molar-refractivity contribution in [3.8, 4) is 5.75 Å². The summed E-state index contributed by atoms with van der Waals surface area (Å²) in [5, 5.41) is 0. The maximum Gasteiger partial charge on any atom is 0.328 e. The molecule has 0 N–H and O–H groups in total. The predicted octanol–water partition coefficient (Wildman–Crippen LogP) is 3.59. The summed E-state index contributed by atoms with van der Waals surface area (Å²) in [4.78, 5) is 27.1. The number of para-hydroxylation sites is 1. The number of likely N-dealkylation sites (tertiary alicyclic amines) is 1. The van der Waals surface area contributed by atoms with Gasteiger partial charge in [0.15, 0.2) is 11.6 Å². The van der Waals surface area contributed by atoms with Crippen LogP contribution in [0.1, 0.15) is 33.5 Å². The van der Waals surface area contributed by atoms with E-state index in [4.69, 9.17) is 9.47 Å². The van der Waals surface area contributed by atoms with Crippen LogP contribution in [0.2, 0.25) is 0 Å². The van der Waals surface area contributed by atoms with Crippen LogP contribution >= 0.6 is 0 Å². The summed E-state index contributed by atoms with van der Waals surface area (Å²) >= 11 is 0. The molecule has 1 aliphatic rings. The van der Waals surface area contributed by atoms with Crippen molar-refractivity contribution in [2.45, 2.75) is 39.3 Å². The zero-order chi connectivity index (χ0) is 20.4. The number of carbonyl (C=O) groups is 2. The second-order valence-corrected chi connectivity index (χ2v) is 7.18. The number of carbonyl (C=O) groups excluding carboxylic acids is 2. The van der Waals surface area contributed by atoms with Gasteiger partial charge in [-0.2, -0.15) is 0 Å². The van der Waals surface area contributed by atoms with Gasteiger partial charge in [0.05, 0.1) is 13.7 Å². The Kier molecular flexibility index (Phi) is 5.68. The van der Waals surface area contributed by atoms with E-state index in [0.717, 1.165) is 16.7 Å². The highest BCUT2D eigenvalue weighted by atomic mass is 19.1. The lowest BCUT2D eigenvalue weighted by Gasteiger charge is -2.24. The molecule has 1 heterocycles. The normalized spacial score (nSPS) is 18.8. The third-order valence-electron chi connectivity index (χ3n) is 5.02. The maximum atomic E-state index is 13.9. The van der Waals surface area contributed by atoms with Gasteiger partial charge >= 0.3 is 5.97 Å². The minimum absolute atomic E-state index is 0.105. The number of halogens is 1. The van der Waals surface area contributed by atoms with E-state index in [-0.39, 0.29) is 24.6 Å². The Hall–Kier alpha value is -2.89. The van der Waals surface area contributed by atoms with E-state index >= 15 is 0 Å². The summed E-state index contributed by atoms with van der Waals surface area (Å²) in [5.41, 5.74) is 3.35. The number of methoxy groups -OCH3 is 1. The zero-order valence-corrected chi connectivity index (χ0v) is 16.5. The van der Waals surface area contributed by atoms with Crippen molar-refractivity contribution < 1.29 is 23.5 Å². The topological polar surface area (TPSA) is 55.8 Å². The molecular weight excluding hydrogens is 361 g/mol. The first-order valence-corrected chi connectivity index (χ1v) is 9.19. The molecule has 0 spiro atoms. The molecule has 1 aliphatic heterocycles. The Morgan fingerprint density at radius 1 is 1.11 bits per heavy atom. The van der Waals surface area contributed by atoms with Gasteiger partial charge in [-0.15, -0.1) is 0 Å². The molecule has 1 fully saturated rings. The van der Waals surface area contributed by atoms with E-state index in [2.05, 4.69) is 0 Å². The van der Waals surface area contributed by atoms with Crippen molar-refractivity contribution in [3.63, 3.8) is 0 Å². The molecule has 1 amide bonds. The molecule has 0 radical (unpaired) electrons. The molecule has 2 aromatic carbocycles. The van der Waals surface area contributed by atoms with Gasteiger partial charge in [-0.05, 0) is 44.0 Å². The molecule has 2 aromatic rings. The Balaban J connectivity index is 1.89. The molecule has 2 atom stereocenters. The average Bonchev–Trinajstić information content (AvgIpc) is 3.06. The second kappa shape index (κ2) is 8.00. The minimum atomic E-state index is -0.769. The summed E-state index contributed by atoms with van der Waals surface area (Å²) in [6.45, 7) is 5.91. The van der Waals surface area contributed by atoms with Crippen LogP contribution in [-0.4, -0.2) is 42.6 Å². The first kappa shape index (κ1) is 19.9. The van der Waals surface area contributed by atoms with Gasteiger partial charge in [-0.25, -0.2) is 9.18 Å². The first-order chi connectivity index (χ1) is 13.3. The molecule has 2 unspecified atom stereocenters. The fourth-order valence-electron chi connectivity index (χ4n) is 3.85. The standard InChI is InChI=1S/C22H24FNO4/c1-13-9-14(2)20(15(3)10-13)21(25)24-12-16(11-18(24)22(26)27-4)28-19-8-6-5-7-17(19)23/h5-10,16,18H,11-12H2,1-4H3. The minimum Gasteiger partial charge on any atom is -0.485 e. The molecule has 0 bridgehead atoms.